The summed E-state index contributed by atoms with van der Waals surface area (Å²) in [6.45, 7) is 2.29. The molecule has 0 spiro atoms. The molecule has 1 aliphatic carbocycles. The number of aryl methyl sites for hydroxylation is 1. The molecule has 2 aromatic rings. The first-order chi connectivity index (χ1) is 9.40. The van der Waals surface area contributed by atoms with E-state index in [1.54, 1.807) is 5.56 Å². The van der Waals surface area contributed by atoms with Gasteiger partial charge in [-0.25, -0.2) is 0 Å². The zero-order valence-corrected chi connectivity index (χ0v) is 12.0. The van der Waals surface area contributed by atoms with Crippen molar-refractivity contribution in [1.82, 2.24) is 4.98 Å². The van der Waals surface area contributed by atoms with Crippen LogP contribution in [0, 0.1) is 0 Å². The molecule has 0 saturated heterocycles. The highest BCUT2D eigenvalue weighted by Crippen LogP contribution is 2.41. The maximum absolute atomic E-state index is 3.62. The standard InChI is InChI=1S/C18H25N/c1-2-3-4-5-6-9-14-12-13-17-18(14)15-10-7-8-11-16(15)19-17/h7-8,10-11,14,19H,2-6,9,12-13H2,1H3. The molecule has 1 aromatic carbocycles. The van der Waals surface area contributed by atoms with E-state index in [1.807, 2.05) is 0 Å². The van der Waals surface area contributed by atoms with Gasteiger partial charge in [-0.05, 0) is 36.8 Å². The average Bonchev–Trinajstić information content (AvgIpc) is 2.98. The fraction of sp³-hybridized carbons (Fsp3) is 0.556. The topological polar surface area (TPSA) is 15.8 Å². The zero-order valence-electron chi connectivity index (χ0n) is 12.0. The Bertz CT molecular complexity index is 538. The molecule has 0 radical (unpaired) electrons. The predicted octanol–water partition coefficient (Wildman–Crippen LogP) is 5.56. The van der Waals surface area contributed by atoms with Crippen LogP contribution in [0.1, 0.15) is 69.0 Å². The summed E-state index contributed by atoms with van der Waals surface area (Å²) in [4.78, 5) is 3.62. The van der Waals surface area contributed by atoms with Gasteiger partial charge in [0.25, 0.3) is 0 Å². The molecule has 1 aromatic heterocycles. The first-order valence-electron chi connectivity index (χ1n) is 7.99. The monoisotopic (exact) mass is 255 g/mol. The van der Waals surface area contributed by atoms with Crippen LogP contribution < -0.4 is 0 Å². The highest BCUT2D eigenvalue weighted by atomic mass is 14.7. The summed E-state index contributed by atoms with van der Waals surface area (Å²) in [6, 6.07) is 8.81. The first-order valence-corrected chi connectivity index (χ1v) is 7.99. The molecule has 1 atom stereocenters. The Morgan fingerprint density at radius 3 is 2.84 bits per heavy atom. The van der Waals surface area contributed by atoms with Crippen molar-refractivity contribution in [3.05, 3.63) is 35.5 Å². The third kappa shape index (κ3) is 2.56. The van der Waals surface area contributed by atoms with Crippen LogP contribution in [0.4, 0.5) is 0 Å². The maximum atomic E-state index is 3.62. The molecule has 1 N–H and O–H groups in total. The van der Waals surface area contributed by atoms with Gasteiger partial charge in [-0.15, -0.1) is 0 Å². The molecule has 0 saturated carbocycles. The SMILES string of the molecule is CCCCCCCC1CCc2[nH]c3ccccc3c21. The van der Waals surface area contributed by atoms with Crippen molar-refractivity contribution in [3.8, 4) is 0 Å². The Morgan fingerprint density at radius 1 is 1.11 bits per heavy atom. The van der Waals surface area contributed by atoms with E-state index in [-0.39, 0.29) is 0 Å². The van der Waals surface area contributed by atoms with Gasteiger partial charge in [-0.3, -0.25) is 0 Å². The van der Waals surface area contributed by atoms with E-state index in [0.29, 0.717) is 0 Å². The number of aromatic nitrogens is 1. The molecule has 3 rings (SSSR count). The number of hydrogen-bond donors (Lipinski definition) is 1. The molecule has 1 aliphatic rings. The lowest BCUT2D eigenvalue weighted by Gasteiger charge is -2.10. The largest absolute Gasteiger partial charge is 0.358 e. The Labute approximate surface area is 116 Å². The summed E-state index contributed by atoms with van der Waals surface area (Å²) in [5.74, 6) is 0.813. The van der Waals surface area contributed by atoms with Gasteiger partial charge in [-0.1, -0.05) is 57.2 Å². The summed E-state index contributed by atoms with van der Waals surface area (Å²) in [5.41, 5.74) is 4.49. The second-order valence-electron chi connectivity index (χ2n) is 6.00. The third-order valence-corrected chi connectivity index (χ3v) is 4.64. The minimum Gasteiger partial charge on any atom is -0.358 e. The van der Waals surface area contributed by atoms with Crippen LogP contribution in [0.15, 0.2) is 24.3 Å². The summed E-state index contributed by atoms with van der Waals surface area (Å²) in [6.07, 6.45) is 11.0. The fourth-order valence-corrected chi connectivity index (χ4v) is 3.63. The molecule has 1 unspecified atom stereocenters. The second kappa shape index (κ2) is 5.81. The van der Waals surface area contributed by atoms with E-state index in [0.717, 1.165) is 5.92 Å². The highest BCUT2D eigenvalue weighted by molar-refractivity contribution is 5.85. The van der Waals surface area contributed by atoms with Gasteiger partial charge in [0.15, 0.2) is 0 Å². The van der Waals surface area contributed by atoms with Gasteiger partial charge in [-0.2, -0.15) is 0 Å². The van der Waals surface area contributed by atoms with Gasteiger partial charge < -0.3 is 4.98 Å². The normalized spacial score (nSPS) is 18.1. The first kappa shape index (κ1) is 12.8. The predicted molar refractivity (Wildman–Crippen MR) is 82.7 cm³/mol. The molecular weight excluding hydrogens is 230 g/mol. The van der Waals surface area contributed by atoms with Gasteiger partial charge in [0, 0.05) is 16.6 Å². The van der Waals surface area contributed by atoms with Crippen LogP contribution in [0.2, 0.25) is 0 Å². The van der Waals surface area contributed by atoms with Crippen LogP contribution in [-0.4, -0.2) is 4.98 Å². The average molecular weight is 255 g/mol. The lowest BCUT2D eigenvalue weighted by atomic mass is 9.94. The van der Waals surface area contributed by atoms with Crippen LogP contribution in [0.3, 0.4) is 0 Å². The lowest BCUT2D eigenvalue weighted by molar-refractivity contribution is 0.543. The van der Waals surface area contributed by atoms with Crippen LogP contribution in [0.5, 0.6) is 0 Å². The summed E-state index contributed by atoms with van der Waals surface area (Å²) >= 11 is 0. The van der Waals surface area contributed by atoms with E-state index in [2.05, 4.69) is 36.2 Å². The van der Waals surface area contributed by atoms with Gasteiger partial charge >= 0.3 is 0 Å². The molecule has 1 heterocycles. The molecule has 1 heteroatoms. The molecule has 0 aliphatic heterocycles. The van der Waals surface area contributed by atoms with Crippen molar-refractivity contribution in [2.24, 2.45) is 0 Å². The lowest BCUT2D eigenvalue weighted by Crippen LogP contribution is -1.93. The maximum Gasteiger partial charge on any atom is 0.0459 e. The van der Waals surface area contributed by atoms with Crippen molar-refractivity contribution in [3.63, 3.8) is 0 Å². The number of hydrogen-bond acceptors (Lipinski definition) is 0. The van der Waals surface area contributed by atoms with Crippen molar-refractivity contribution < 1.29 is 0 Å². The van der Waals surface area contributed by atoms with Crippen LogP contribution in [0.25, 0.3) is 10.9 Å². The third-order valence-electron chi connectivity index (χ3n) is 4.64. The smallest absolute Gasteiger partial charge is 0.0459 e. The van der Waals surface area contributed by atoms with Crippen molar-refractivity contribution >= 4 is 10.9 Å². The second-order valence-corrected chi connectivity index (χ2v) is 6.00. The quantitative estimate of drug-likeness (QED) is 0.650. The molecular formula is C18H25N. The number of unbranched alkanes of at least 4 members (excludes halogenated alkanes) is 4. The zero-order chi connectivity index (χ0) is 13.1. The van der Waals surface area contributed by atoms with E-state index in [4.69, 9.17) is 0 Å². The summed E-state index contributed by atoms with van der Waals surface area (Å²) in [5, 5.41) is 1.48. The van der Waals surface area contributed by atoms with Crippen molar-refractivity contribution in [2.75, 3.05) is 0 Å². The summed E-state index contributed by atoms with van der Waals surface area (Å²) in [7, 11) is 0. The number of rotatable bonds is 6. The Hall–Kier alpha value is -1.24. The van der Waals surface area contributed by atoms with E-state index in [1.165, 1.54) is 68.0 Å². The van der Waals surface area contributed by atoms with E-state index in [9.17, 15) is 0 Å². The van der Waals surface area contributed by atoms with Gasteiger partial charge in [0.05, 0.1) is 0 Å². The number of nitrogens with one attached hydrogen (secondary N) is 1. The summed E-state index contributed by atoms with van der Waals surface area (Å²) < 4.78 is 0. The number of H-pyrrole nitrogens is 1. The molecule has 0 fully saturated rings. The fourth-order valence-electron chi connectivity index (χ4n) is 3.63. The number of aromatic amines is 1. The van der Waals surface area contributed by atoms with E-state index < -0.39 is 0 Å². The van der Waals surface area contributed by atoms with Crippen LogP contribution >= 0.6 is 0 Å². The molecule has 19 heavy (non-hydrogen) atoms. The van der Waals surface area contributed by atoms with Gasteiger partial charge in [0.1, 0.15) is 0 Å². The Kier molecular flexibility index (Phi) is 3.91. The van der Waals surface area contributed by atoms with Crippen LogP contribution in [-0.2, 0) is 6.42 Å². The minimum atomic E-state index is 0.813. The number of benzene rings is 1. The Morgan fingerprint density at radius 2 is 1.95 bits per heavy atom. The molecule has 102 valence electrons. The van der Waals surface area contributed by atoms with Crippen molar-refractivity contribution in [1.29, 1.82) is 0 Å². The Balaban J connectivity index is 1.67. The minimum absolute atomic E-state index is 0.813. The molecule has 1 nitrogen and oxygen atoms in total. The van der Waals surface area contributed by atoms with E-state index >= 15 is 0 Å². The highest BCUT2D eigenvalue weighted by Gasteiger charge is 2.25. The van der Waals surface area contributed by atoms with Crippen molar-refractivity contribution in [2.45, 2.75) is 64.2 Å². The molecule has 0 bridgehead atoms. The van der Waals surface area contributed by atoms with Gasteiger partial charge in [0.2, 0.25) is 0 Å². The number of fused-ring (bicyclic) bond motifs is 3. The molecule has 0 amide bonds. The number of para-hydroxylation sites is 1.